The van der Waals surface area contributed by atoms with Gasteiger partial charge in [-0.25, -0.2) is 0 Å². The third-order valence-electron chi connectivity index (χ3n) is 11.1. The van der Waals surface area contributed by atoms with Gasteiger partial charge in [-0.2, -0.15) is 0 Å². The van der Waals surface area contributed by atoms with Crippen molar-refractivity contribution in [2.24, 2.45) is 40.9 Å². The first-order valence-electron chi connectivity index (χ1n) is 12.8. The minimum Gasteiger partial charge on any atom is -0.508 e. The van der Waals surface area contributed by atoms with Gasteiger partial charge in [0.15, 0.2) is 0 Å². The monoisotopic (exact) mass is 404 g/mol. The third kappa shape index (κ3) is 2.40. The predicted molar refractivity (Wildman–Crippen MR) is 117 cm³/mol. The molecule has 2 nitrogen and oxygen atoms in total. The number of benzene rings is 1. The maximum absolute atomic E-state index is 12.7. The lowest BCUT2D eigenvalue weighted by molar-refractivity contribution is -0.129. The van der Waals surface area contributed by atoms with Crippen molar-refractivity contribution in [3.63, 3.8) is 0 Å². The van der Waals surface area contributed by atoms with Crippen LogP contribution in [0, 0.1) is 40.9 Å². The van der Waals surface area contributed by atoms with Gasteiger partial charge >= 0.3 is 0 Å². The molecule has 1 aromatic rings. The van der Waals surface area contributed by atoms with Crippen LogP contribution in [0.5, 0.6) is 5.75 Å². The maximum Gasteiger partial charge on any atom is 0.139 e. The molecule has 7 aliphatic carbocycles. The Kier molecular flexibility index (Phi) is 3.61. The zero-order valence-corrected chi connectivity index (χ0v) is 18.5. The van der Waals surface area contributed by atoms with E-state index in [1.807, 2.05) is 0 Å². The Morgan fingerprint density at radius 3 is 2.20 bits per heavy atom. The molecule has 0 radical (unpaired) electrons. The van der Waals surface area contributed by atoms with E-state index in [4.69, 9.17) is 0 Å². The zero-order chi connectivity index (χ0) is 20.3. The molecule has 0 amide bonds. The molecule has 4 atom stereocenters. The minimum absolute atomic E-state index is 0.0433. The lowest BCUT2D eigenvalue weighted by Gasteiger charge is -2.57. The summed E-state index contributed by atoms with van der Waals surface area (Å²) in [5, 5.41) is 11.2. The van der Waals surface area contributed by atoms with Gasteiger partial charge in [0.05, 0.1) is 0 Å². The zero-order valence-electron chi connectivity index (χ0n) is 18.5. The van der Waals surface area contributed by atoms with E-state index in [2.05, 4.69) is 19.1 Å². The molecule has 160 valence electrons. The highest BCUT2D eigenvalue weighted by atomic mass is 16.3. The topological polar surface area (TPSA) is 37.3 Å². The fourth-order valence-corrected chi connectivity index (χ4v) is 10.0. The summed E-state index contributed by atoms with van der Waals surface area (Å²) in [6, 6.07) is 4.63. The molecule has 2 heteroatoms. The largest absolute Gasteiger partial charge is 0.508 e. The molecule has 30 heavy (non-hydrogen) atoms. The molecule has 6 saturated carbocycles. The SMILES string of the molecule is C[C@]12C[C@H]3Cc4cc(C56CC7CC(CC(C7)C5)C6)c(O)cc4C[C@@H]3C[C@@H]1CCC2=O. The number of aromatic hydroxyl groups is 1. The predicted octanol–water partition coefficient (Wildman–Crippen LogP) is 5.97. The first-order valence-corrected chi connectivity index (χ1v) is 12.8. The smallest absolute Gasteiger partial charge is 0.139 e. The molecule has 6 fully saturated rings. The van der Waals surface area contributed by atoms with Crippen molar-refractivity contribution in [2.45, 2.75) is 89.4 Å². The van der Waals surface area contributed by atoms with E-state index in [0.717, 1.165) is 49.9 Å². The van der Waals surface area contributed by atoms with Crippen molar-refractivity contribution in [1.29, 1.82) is 0 Å². The van der Waals surface area contributed by atoms with Crippen molar-refractivity contribution in [3.8, 4) is 5.75 Å². The third-order valence-corrected chi connectivity index (χ3v) is 11.1. The first-order chi connectivity index (χ1) is 14.4. The Morgan fingerprint density at radius 2 is 1.50 bits per heavy atom. The first kappa shape index (κ1) is 18.3. The average molecular weight is 405 g/mol. The normalized spacial score (nSPS) is 48.4. The van der Waals surface area contributed by atoms with Gasteiger partial charge in [0.2, 0.25) is 0 Å². The van der Waals surface area contributed by atoms with E-state index in [0.29, 0.717) is 29.3 Å². The Morgan fingerprint density at radius 1 is 0.867 bits per heavy atom. The summed E-state index contributed by atoms with van der Waals surface area (Å²) >= 11 is 0. The van der Waals surface area contributed by atoms with Gasteiger partial charge in [0, 0.05) is 17.4 Å². The van der Waals surface area contributed by atoms with Crippen molar-refractivity contribution in [1.82, 2.24) is 0 Å². The van der Waals surface area contributed by atoms with Crippen LogP contribution in [0.3, 0.4) is 0 Å². The second-order valence-corrected chi connectivity index (χ2v) is 12.8. The van der Waals surface area contributed by atoms with Gasteiger partial charge in [-0.3, -0.25) is 4.79 Å². The molecule has 4 bridgehead atoms. The van der Waals surface area contributed by atoms with Gasteiger partial charge in [-0.15, -0.1) is 0 Å². The number of carbonyl (C=O) groups excluding carboxylic acids is 1. The summed E-state index contributed by atoms with van der Waals surface area (Å²) in [7, 11) is 0. The Bertz CT molecular complexity index is 894. The molecule has 1 N–H and O–H groups in total. The molecule has 0 unspecified atom stereocenters. The molecular weight excluding hydrogens is 368 g/mol. The van der Waals surface area contributed by atoms with E-state index >= 15 is 0 Å². The van der Waals surface area contributed by atoms with Crippen LogP contribution in [-0.4, -0.2) is 10.9 Å². The maximum atomic E-state index is 12.7. The number of rotatable bonds is 1. The lowest BCUT2D eigenvalue weighted by atomic mass is 9.47. The second kappa shape index (κ2) is 5.93. The van der Waals surface area contributed by atoms with Crippen molar-refractivity contribution in [3.05, 3.63) is 28.8 Å². The number of hydrogen-bond donors (Lipinski definition) is 1. The number of hydrogen-bond acceptors (Lipinski definition) is 2. The van der Waals surface area contributed by atoms with Crippen LogP contribution in [0.4, 0.5) is 0 Å². The molecule has 7 aliphatic rings. The van der Waals surface area contributed by atoms with Crippen LogP contribution in [0.1, 0.15) is 87.8 Å². The van der Waals surface area contributed by atoms with Crippen LogP contribution in [0.25, 0.3) is 0 Å². The van der Waals surface area contributed by atoms with Crippen molar-refractivity contribution in [2.75, 3.05) is 0 Å². The van der Waals surface area contributed by atoms with Crippen LogP contribution >= 0.6 is 0 Å². The highest BCUT2D eigenvalue weighted by Crippen LogP contribution is 2.62. The van der Waals surface area contributed by atoms with E-state index < -0.39 is 0 Å². The highest BCUT2D eigenvalue weighted by Gasteiger charge is 2.54. The number of ketones is 1. The summed E-state index contributed by atoms with van der Waals surface area (Å²) in [5.41, 5.74) is 4.44. The van der Waals surface area contributed by atoms with Crippen LogP contribution < -0.4 is 0 Å². The summed E-state index contributed by atoms with van der Waals surface area (Å²) in [6.45, 7) is 2.27. The fourth-order valence-electron chi connectivity index (χ4n) is 10.0. The molecule has 8 rings (SSSR count). The van der Waals surface area contributed by atoms with Crippen molar-refractivity contribution >= 4 is 5.78 Å². The van der Waals surface area contributed by atoms with Gasteiger partial charge in [0.25, 0.3) is 0 Å². The quantitative estimate of drug-likeness (QED) is 0.626. The minimum atomic E-state index is -0.0433. The Balaban J connectivity index is 1.24. The van der Waals surface area contributed by atoms with Crippen LogP contribution in [0.2, 0.25) is 0 Å². The van der Waals surface area contributed by atoms with E-state index in [-0.39, 0.29) is 10.8 Å². The number of phenolic OH excluding ortho intramolecular Hbond substituents is 1. The summed E-state index contributed by atoms with van der Waals surface area (Å²) in [4.78, 5) is 12.7. The van der Waals surface area contributed by atoms with Gasteiger partial charge < -0.3 is 5.11 Å². The van der Waals surface area contributed by atoms with E-state index in [1.54, 1.807) is 0 Å². The standard InChI is InChI=1S/C28H36O2/c1-27-15-22-8-20-10-24(28-12-16-4-17(13-28)6-18(5-16)14-28)25(29)11-21(20)7-19(22)9-23(27)2-3-26(27)30/h10-11,16-19,22-23,29H,2-9,12-15H2,1H3/t16?,17?,18?,19-,22-,23+,27+,28?/m1/s1. The Hall–Kier alpha value is -1.31. The highest BCUT2D eigenvalue weighted by molar-refractivity contribution is 5.87. The summed E-state index contributed by atoms with van der Waals surface area (Å²) in [6.07, 6.45) is 14.8. The number of phenols is 1. The van der Waals surface area contributed by atoms with Gasteiger partial charge in [0.1, 0.15) is 11.5 Å². The van der Waals surface area contributed by atoms with Crippen LogP contribution in [-0.2, 0) is 23.1 Å². The van der Waals surface area contributed by atoms with E-state index in [1.165, 1.54) is 61.6 Å². The fraction of sp³-hybridized carbons (Fsp3) is 0.750. The molecule has 1 aromatic carbocycles. The number of Topliss-reactive ketones (excluding diaryl/α,β-unsaturated/α-hetero) is 1. The molecule has 0 spiro atoms. The van der Waals surface area contributed by atoms with Gasteiger partial charge in [-0.05, 0) is 129 Å². The molecule has 0 aliphatic heterocycles. The molecule has 0 aromatic heterocycles. The summed E-state index contributed by atoms with van der Waals surface area (Å²) < 4.78 is 0. The molecule has 0 saturated heterocycles. The van der Waals surface area contributed by atoms with E-state index in [9.17, 15) is 9.90 Å². The number of carbonyl (C=O) groups is 1. The number of fused-ring (bicyclic) bond motifs is 3. The molecular formula is C28H36O2. The lowest BCUT2D eigenvalue weighted by Crippen LogP contribution is -2.48. The van der Waals surface area contributed by atoms with Gasteiger partial charge in [-0.1, -0.05) is 13.0 Å². The second-order valence-electron chi connectivity index (χ2n) is 12.8. The summed E-state index contributed by atoms with van der Waals surface area (Å²) in [5.74, 6) is 5.83. The molecule has 0 heterocycles. The van der Waals surface area contributed by atoms with Crippen molar-refractivity contribution < 1.29 is 9.90 Å². The van der Waals surface area contributed by atoms with Crippen LogP contribution in [0.15, 0.2) is 12.1 Å². The average Bonchev–Trinajstić information content (AvgIpc) is 2.97. The Labute approximate surface area is 180 Å².